The smallest absolute Gasteiger partial charge is 0.0930 e. The standard InChI is InChI=1S/C20H21ClN2/c21-16-10-12-17(13-11-16)23-20(14-15-6-2-1-3-7-15)18-8-4-5-9-19(18)22-23/h4-5,8-13,15H,1-3,6-7,14H2. The van der Waals surface area contributed by atoms with E-state index in [0.29, 0.717) is 0 Å². The lowest BCUT2D eigenvalue weighted by atomic mass is 9.85. The van der Waals surface area contributed by atoms with Crippen LogP contribution in [0.3, 0.4) is 0 Å². The van der Waals surface area contributed by atoms with Crippen molar-refractivity contribution in [3.63, 3.8) is 0 Å². The number of nitrogens with zero attached hydrogens (tertiary/aromatic N) is 2. The fourth-order valence-corrected chi connectivity index (χ4v) is 3.87. The molecular weight excluding hydrogens is 304 g/mol. The van der Waals surface area contributed by atoms with Gasteiger partial charge in [-0.1, -0.05) is 61.9 Å². The normalized spacial score (nSPS) is 16.0. The van der Waals surface area contributed by atoms with E-state index in [1.807, 2.05) is 12.1 Å². The van der Waals surface area contributed by atoms with Crippen LogP contribution in [0.25, 0.3) is 16.6 Å². The molecule has 1 aromatic heterocycles. The maximum atomic E-state index is 6.04. The van der Waals surface area contributed by atoms with Gasteiger partial charge in [-0.05, 0) is 42.7 Å². The summed E-state index contributed by atoms with van der Waals surface area (Å²) in [5, 5.41) is 6.90. The molecule has 0 aliphatic heterocycles. The quantitative estimate of drug-likeness (QED) is 0.595. The maximum absolute atomic E-state index is 6.04. The Morgan fingerprint density at radius 3 is 2.48 bits per heavy atom. The molecule has 0 spiro atoms. The van der Waals surface area contributed by atoms with E-state index in [1.165, 1.54) is 43.2 Å². The number of aromatic nitrogens is 2. The van der Waals surface area contributed by atoms with Gasteiger partial charge in [0, 0.05) is 10.4 Å². The van der Waals surface area contributed by atoms with Crippen LogP contribution in [0.15, 0.2) is 48.5 Å². The summed E-state index contributed by atoms with van der Waals surface area (Å²) >= 11 is 6.04. The molecule has 0 bridgehead atoms. The van der Waals surface area contributed by atoms with E-state index >= 15 is 0 Å². The van der Waals surface area contributed by atoms with Crippen LogP contribution >= 0.6 is 11.6 Å². The number of hydrogen-bond donors (Lipinski definition) is 0. The number of rotatable bonds is 3. The molecule has 1 saturated carbocycles. The fourth-order valence-electron chi connectivity index (χ4n) is 3.74. The predicted octanol–water partition coefficient (Wildman–Crippen LogP) is 5.80. The molecule has 4 rings (SSSR count). The Labute approximate surface area is 142 Å². The van der Waals surface area contributed by atoms with Crippen molar-refractivity contribution in [2.75, 3.05) is 0 Å². The average Bonchev–Trinajstić information content (AvgIpc) is 2.95. The van der Waals surface area contributed by atoms with Gasteiger partial charge in [-0.3, -0.25) is 0 Å². The van der Waals surface area contributed by atoms with Gasteiger partial charge in [-0.2, -0.15) is 5.10 Å². The molecule has 3 heteroatoms. The summed E-state index contributed by atoms with van der Waals surface area (Å²) < 4.78 is 2.12. The Kier molecular flexibility index (Phi) is 4.09. The Hall–Kier alpha value is -1.80. The lowest BCUT2D eigenvalue weighted by molar-refractivity contribution is 0.353. The van der Waals surface area contributed by atoms with E-state index in [9.17, 15) is 0 Å². The number of benzene rings is 2. The molecule has 118 valence electrons. The zero-order valence-corrected chi connectivity index (χ0v) is 14.0. The van der Waals surface area contributed by atoms with Gasteiger partial charge in [0.15, 0.2) is 0 Å². The number of hydrogen-bond acceptors (Lipinski definition) is 1. The lowest BCUT2D eigenvalue weighted by Gasteiger charge is -2.22. The van der Waals surface area contributed by atoms with Gasteiger partial charge < -0.3 is 0 Å². The van der Waals surface area contributed by atoms with Gasteiger partial charge in [0.05, 0.1) is 16.9 Å². The molecule has 0 atom stereocenters. The van der Waals surface area contributed by atoms with Crippen LogP contribution in [0.4, 0.5) is 0 Å². The van der Waals surface area contributed by atoms with Crippen LogP contribution in [0, 0.1) is 5.92 Å². The topological polar surface area (TPSA) is 17.8 Å². The van der Waals surface area contributed by atoms with Crippen molar-refractivity contribution in [2.24, 2.45) is 5.92 Å². The molecule has 0 saturated heterocycles. The molecule has 3 aromatic rings. The van der Waals surface area contributed by atoms with Crippen molar-refractivity contribution in [1.29, 1.82) is 0 Å². The second kappa shape index (κ2) is 6.37. The van der Waals surface area contributed by atoms with E-state index in [2.05, 4.69) is 41.1 Å². The molecule has 23 heavy (non-hydrogen) atoms. The summed E-state index contributed by atoms with van der Waals surface area (Å²) in [5.41, 5.74) is 3.51. The summed E-state index contributed by atoms with van der Waals surface area (Å²) in [5.74, 6) is 0.787. The van der Waals surface area contributed by atoms with Crippen molar-refractivity contribution in [2.45, 2.75) is 38.5 Å². The minimum atomic E-state index is 0.763. The lowest BCUT2D eigenvalue weighted by Crippen LogP contribution is -2.12. The number of fused-ring (bicyclic) bond motifs is 1. The zero-order valence-electron chi connectivity index (χ0n) is 13.2. The van der Waals surface area contributed by atoms with Gasteiger partial charge in [0.25, 0.3) is 0 Å². The highest BCUT2D eigenvalue weighted by molar-refractivity contribution is 6.30. The molecule has 2 nitrogen and oxygen atoms in total. The highest BCUT2D eigenvalue weighted by Crippen LogP contribution is 2.31. The van der Waals surface area contributed by atoms with Gasteiger partial charge in [0.1, 0.15) is 0 Å². The highest BCUT2D eigenvalue weighted by Gasteiger charge is 2.19. The summed E-state index contributed by atoms with van der Waals surface area (Å²) in [6, 6.07) is 16.5. The third-order valence-electron chi connectivity index (χ3n) is 4.96. The van der Waals surface area contributed by atoms with Crippen molar-refractivity contribution in [3.05, 3.63) is 59.2 Å². The molecule has 1 aliphatic carbocycles. The fraction of sp³-hybridized carbons (Fsp3) is 0.350. The first kappa shape index (κ1) is 14.8. The summed E-state index contributed by atoms with van der Waals surface area (Å²) in [4.78, 5) is 0. The number of halogens is 1. The van der Waals surface area contributed by atoms with Crippen LogP contribution in [0.5, 0.6) is 0 Å². The Bertz CT molecular complexity index is 798. The summed E-state index contributed by atoms with van der Waals surface area (Å²) in [7, 11) is 0. The molecule has 0 radical (unpaired) electrons. The van der Waals surface area contributed by atoms with E-state index in [4.69, 9.17) is 16.7 Å². The van der Waals surface area contributed by atoms with E-state index in [1.54, 1.807) is 0 Å². The maximum Gasteiger partial charge on any atom is 0.0930 e. The first-order chi connectivity index (χ1) is 11.3. The van der Waals surface area contributed by atoms with E-state index in [0.717, 1.165) is 28.6 Å². The minimum Gasteiger partial charge on any atom is -0.237 e. The van der Waals surface area contributed by atoms with Crippen LogP contribution in [-0.2, 0) is 6.42 Å². The van der Waals surface area contributed by atoms with Crippen molar-refractivity contribution >= 4 is 22.5 Å². The molecule has 0 amide bonds. The van der Waals surface area contributed by atoms with Gasteiger partial charge in [0.2, 0.25) is 0 Å². The minimum absolute atomic E-state index is 0.763. The van der Waals surface area contributed by atoms with Gasteiger partial charge in [-0.15, -0.1) is 0 Å². The Morgan fingerprint density at radius 2 is 1.70 bits per heavy atom. The Balaban J connectivity index is 1.79. The van der Waals surface area contributed by atoms with Crippen LogP contribution in [0.2, 0.25) is 5.02 Å². The zero-order chi connectivity index (χ0) is 15.6. The highest BCUT2D eigenvalue weighted by atomic mass is 35.5. The summed E-state index contributed by atoms with van der Waals surface area (Å²) in [6.07, 6.45) is 7.95. The van der Waals surface area contributed by atoms with Crippen LogP contribution in [0.1, 0.15) is 37.8 Å². The van der Waals surface area contributed by atoms with Crippen LogP contribution in [-0.4, -0.2) is 9.78 Å². The second-order valence-corrected chi connectivity index (χ2v) is 7.00. The third kappa shape index (κ3) is 3.00. The van der Waals surface area contributed by atoms with Gasteiger partial charge >= 0.3 is 0 Å². The van der Waals surface area contributed by atoms with Crippen LogP contribution < -0.4 is 0 Å². The van der Waals surface area contributed by atoms with Crippen molar-refractivity contribution in [1.82, 2.24) is 9.78 Å². The third-order valence-corrected chi connectivity index (χ3v) is 5.21. The average molecular weight is 325 g/mol. The SMILES string of the molecule is Clc1ccc(-n2nc3ccccc3c2CC2CCCCC2)cc1. The van der Waals surface area contributed by atoms with E-state index in [-0.39, 0.29) is 0 Å². The second-order valence-electron chi connectivity index (χ2n) is 6.56. The molecular formula is C20H21ClN2. The Morgan fingerprint density at radius 1 is 0.957 bits per heavy atom. The predicted molar refractivity (Wildman–Crippen MR) is 96.4 cm³/mol. The largest absolute Gasteiger partial charge is 0.237 e. The molecule has 1 aliphatic rings. The van der Waals surface area contributed by atoms with Crippen molar-refractivity contribution < 1.29 is 0 Å². The molecule has 1 fully saturated rings. The van der Waals surface area contributed by atoms with E-state index < -0.39 is 0 Å². The first-order valence-electron chi connectivity index (χ1n) is 8.54. The molecule has 0 N–H and O–H groups in total. The van der Waals surface area contributed by atoms with Crippen molar-refractivity contribution in [3.8, 4) is 5.69 Å². The monoisotopic (exact) mass is 324 g/mol. The summed E-state index contributed by atoms with van der Waals surface area (Å²) in [6.45, 7) is 0. The molecule has 1 heterocycles. The van der Waals surface area contributed by atoms with Gasteiger partial charge in [-0.25, -0.2) is 4.68 Å². The first-order valence-corrected chi connectivity index (χ1v) is 8.91. The molecule has 0 unspecified atom stereocenters. The molecule has 2 aromatic carbocycles.